The fourth-order valence-electron chi connectivity index (χ4n) is 3.80. The highest BCUT2D eigenvalue weighted by molar-refractivity contribution is 6.36. The molecule has 0 aliphatic carbocycles. The van der Waals surface area contributed by atoms with Crippen LogP contribution in [0.3, 0.4) is 0 Å². The Balaban J connectivity index is 1.76. The van der Waals surface area contributed by atoms with Crippen molar-refractivity contribution in [3.8, 4) is 0 Å². The van der Waals surface area contributed by atoms with Gasteiger partial charge in [0.1, 0.15) is 11.5 Å². The van der Waals surface area contributed by atoms with Crippen molar-refractivity contribution < 1.29 is 18.0 Å². The van der Waals surface area contributed by atoms with Gasteiger partial charge >= 0.3 is 6.18 Å². The molecule has 4 nitrogen and oxygen atoms in total. The van der Waals surface area contributed by atoms with E-state index in [-0.39, 0.29) is 5.78 Å². The molecule has 0 amide bonds. The summed E-state index contributed by atoms with van der Waals surface area (Å²) in [6.45, 7) is 3.77. The number of fused-ring (bicyclic) bond motifs is 1. The first-order valence-electron chi connectivity index (χ1n) is 10.4. The summed E-state index contributed by atoms with van der Waals surface area (Å²) in [4.78, 5) is 21.9. The van der Waals surface area contributed by atoms with Gasteiger partial charge in [0.15, 0.2) is 0 Å². The predicted octanol–water partition coefficient (Wildman–Crippen LogP) is 6.33. The van der Waals surface area contributed by atoms with E-state index >= 15 is 0 Å². The summed E-state index contributed by atoms with van der Waals surface area (Å²) >= 11 is 6.79. The van der Waals surface area contributed by atoms with Crippen LogP contribution in [0.1, 0.15) is 51.2 Å². The molecular weight excluding hydrogens is 451 g/mol. The topological polar surface area (TPSA) is 47.8 Å². The Kier molecular flexibility index (Phi) is 6.01. The summed E-state index contributed by atoms with van der Waals surface area (Å²) in [5, 5.41) is 1.08. The number of aryl methyl sites for hydroxylation is 2. The van der Waals surface area contributed by atoms with Crippen molar-refractivity contribution >= 4 is 28.3 Å². The number of ketones is 1. The van der Waals surface area contributed by atoms with Crippen LogP contribution < -0.4 is 0 Å². The summed E-state index contributed by atoms with van der Waals surface area (Å²) in [6, 6.07) is 10.2. The highest BCUT2D eigenvalue weighted by atomic mass is 35.5. The van der Waals surface area contributed by atoms with E-state index in [0.29, 0.717) is 45.6 Å². The van der Waals surface area contributed by atoms with Crippen LogP contribution in [-0.4, -0.2) is 20.3 Å². The third kappa shape index (κ3) is 4.37. The van der Waals surface area contributed by atoms with Crippen LogP contribution in [0.2, 0.25) is 5.02 Å². The Hall–Kier alpha value is -3.19. The first-order chi connectivity index (χ1) is 15.6. The number of nitrogens with zero attached hydrogens (tertiary/aromatic N) is 3. The molecule has 2 heterocycles. The number of imidazole rings is 1. The number of alkyl halides is 3. The lowest BCUT2D eigenvalue weighted by molar-refractivity contribution is -0.137. The smallest absolute Gasteiger partial charge is 0.329 e. The van der Waals surface area contributed by atoms with Gasteiger partial charge in [-0.15, -0.1) is 0 Å². The molecule has 4 aromatic rings. The number of rotatable bonds is 5. The molecule has 2 aromatic carbocycles. The highest BCUT2D eigenvalue weighted by Gasteiger charge is 2.30. The molecule has 2 aromatic heterocycles. The number of aromatic nitrogens is 3. The second-order valence-corrected chi connectivity index (χ2v) is 8.26. The van der Waals surface area contributed by atoms with Gasteiger partial charge in [0.25, 0.3) is 0 Å². The number of hydrogen-bond donors (Lipinski definition) is 0. The summed E-state index contributed by atoms with van der Waals surface area (Å²) in [5.41, 5.74) is 3.09. The van der Waals surface area contributed by atoms with Crippen molar-refractivity contribution in [1.82, 2.24) is 14.5 Å². The van der Waals surface area contributed by atoms with Crippen molar-refractivity contribution in [2.45, 2.75) is 32.9 Å². The average molecular weight is 472 g/mol. The number of carbonyl (C=O) groups excluding carboxylic acids is 1. The SMILES string of the molecule is CCc1nc2ccc(C(=O)c3cnc(C)n3C)cc2c(Cl)c1Cc1ccc(C(F)(F)F)cc1. The van der Waals surface area contributed by atoms with E-state index in [4.69, 9.17) is 16.6 Å². The van der Waals surface area contributed by atoms with Crippen LogP contribution >= 0.6 is 11.6 Å². The molecule has 0 fully saturated rings. The van der Waals surface area contributed by atoms with E-state index in [1.165, 1.54) is 18.3 Å². The monoisotopic (exact) mass is 471 g/mol. The molecule has 0 saturated carbocycles. The van der Waals surface area contributed by atoms with Crippen molar-refractivity contribution in [3.05, 3.63) is 93.2 Å². The van der Waals surface area contributed by atoms with Crippen molar-refractivity contribution in [2.75, 3.05) is 0 Å². The van der Waals surface area contributed by atoms with Crippen LogP contribution in [0.5, 0.6) is 0 Å². The minimum Gasteiger partial charge on any atom is -0.329 e. The van der Waals surface area contributed by atoms with Gasteiger partial charge in [-0.2, -0.15) is 13.2 Å². The standard InChI is InChI=1S/C25H21ClF3N3O/c1-4-20-18(11-15-5-8-17(9-6-15)25(27,28)29)23(26)19-12-16(7-10-21(19)31-20)24(33)22-13-30-14(2)32(22)3/h5-10,12-13H,4,11H2,1-3H3. The van der Waals surface area contributed by atoms with Crippen LogP contribution in [0.25, 0.3) is 10.9 Å². The lowest BCUT2D eigenvalue weighted by Crippen LogP contribution is -2.08. The van der Waals surface area contributed by atoms with Gasteiger partial charge in [-0.25, -0.2) is 4.98 Å². The number of benzene rings is 2. The molecule has 0 unspecified atom stereocenters. The minimum absolute atomic E-state index is 0.181. The van der Waals surface area contributed by atoms with Crippen LogP contribution in [0.15, 0.2) is 48.7 Å². The zero-order valence-corrected chi connectivity index (χ0v) is 19.1. The molecule has 0 bridgehead atoms. The maximum absolute atomic E-state index is 13.0. The normalized spacial score (nSPS) is 11.8. The van der Waals surface area contributed by atoms with Gasteiger partial charge in [-0.05, 0) is 54.8 Å². The maximum Gasteiger partial charge on any atom is 0.416 e. The number of halogens is 4. The lowest BCUT2D eigenvalue weighted by atomic mass is 9.97. The van der Waals surface area contributed by atoms with E-state index in [0.717, 1.165) is 29.2 Å². The third-order valence-electron chi connectivity index (χ3n) is 5.81. The molecule has 4 rings (SSSR count). The molecule has 0 radical (unpaired) electrons. The number of hydrogen-bond acceptors (Lipinski definition) is 3. The lowest BCUT2D eigenvalue weighted by Gasteiger charge is -2.14. The Morgan fingerprint density at radius 1 is 1.12 bits per heavy atom. The zero-order valence-electron chi connectivity index (χ0n) is 18.3. The predicted molar refractivity (Wildman–Crippen MR) is 122 cm³/mol. The molecule has 0 saturated heterocycles. The number of pyridine rings is 1. The fourth-order valence-corrected chi connectivity index (χ4v) is 4.13. The van der Waals surface area contributed by atoms with E-state index in [1.807, 2.05) is 13.8 Å². The number of carbonyl (C=O) groups is 1. The first kappa shape index (κ1) is 23.0. The highest BCUT2D eigenvalue weighted by Crippen LogP contribution is 2.33. The van der Waals surface area contributed by atoms with E-state index in [9.17, 15) is 18.0 Å². The molecule has 0 spiro atoms. The third-order valence-corrected chi connectivity index (χ3v) is 6.25. The Labute approximate surface area is 194 Å². The summed E-state index contributed by atoms with van der Waals surface area (Å²) in [5.74, 6) is 0.546. The quantitative estimate of drug-likeness (QED) is 0.319. The first-order valence-corrected chi connectivity index (χ1v) is 10.8. The fraction of sp³-hybridized carbons (Fsp3) is 0.240. The molecule has 0 N–H and O–H groups in total. The van der Waals surface area contributed by atoms with Gasteiger partial charge in [0, 0.05) is 30.1 Å². The summed E-state index contributed by atoms with van der Waals surface area (Å²) in [7, 11) is 1.78. The van der Waals surface area contributed by atoms with Gasteiger partial charge in [0.2, 0.25) is 5.78 Å². The van der Waals surface area contributed by atoms with Gasteiger partial charge in [0.05, 0.1) is 22.3 Å². The minimum atomic E-state index is -4.38. The average Bonchev–Trinajstić information content (AvgIpc) is 3.12. The van der Waals surface area contributed by atoms with Crippen LogP contribution in [0.4, 0.5) is 13.2 Å². The molecule has 0 aliphatic rings. The van der Waals surface area contributed by atoms with Crippen LogP contribution in [-0.2, 0) is 26.1 Å². The Morgan fingerprint density at radius 2 is 1.82 bits per heavy atom. The molecule has 33 heavy (non-hydrogen) atoms. The second kappa shape index (κ2) is 8.63. The van der Waals surface area contributed by atoms with Crippen molar-refractivity contribution in [1.29, 1.82) is 0 Å². The second-order valence-electron chi connectivity index (χ2n) is 7.89. The van der Waals surface area contributed by atoms with Gasteiger partial charge in [-0.1, -0.05) is 30.7 Å². The van der Waals surface area contributed by atoms with E-state index in [1.54, 1.807) is 29.8 Å². The maximum atomic E-state index is 13.0. The van der Waals surface area contributed by atoms with Crippen molar-refractivity contribution in [3.63, 3.8) is 0 Å². The van der Waals surface area contributed by atoms with Gasteiger partial charge in [-0.3, -0.25) is 9.78 Å². The van der Waals surface area contributed by atoms with Gasteiger partial charge < -0.3 is 4.57 Å². The van der Waals surface area contributed by atoms with Crippen molar-refractivity contribution in [2.24, 2.45) is 7.05 Å². The molecule has 8 heteroatoms. The van der Waals surface area contributed by atoms with E-state index in [2.05, 4.69) is 4.98 Å². The Morgan fingerprint density at radius 3 is 2.39 bits per heavy atom. The molecule has 170 valence electrons. The molecule has 0 aliphatic heterocycles. The zero-order chi connectivity index (χ0) is 23.9. The summed E-state index contributed by atoms with van der Waals surface area (Å²) < 4.78 is 40.4. The Bertz CT molecular complexity index is 1360. The molecule has 0 atom stereocenters. The summed E-state index contributed by atoms with van der Waals surface area (Å²) in [6.07, 6.45) is -1.90. The largest absolute Gasteiger partial charge is 0.416 e. The van der Waals surface area contributed by atoms with E-state index < -0.39 is 11.7 Å². The molecular formula is C25H21ClF3N3O. The van der Waals surface area contributed by atoms with Crippen LogP contribution in [0, 0.1) is 6.92 Å².